The molecule has 0 spiro atoms. The van der Waals surface area contributed by atoms with Gasteiger partial charge in [0.2, 0.25) is 5.91 Å². The molecule has 0 saturated heterocycles. The maximum Gasteiger partial charge on any atom is 0.233 e. The number of hydrogen-bond donors (Lipinski definition) is 2. The zero-order valence-electron chi connectivity index (χ0n) is 10.6. The highest BCUT2D eigenvalue weighted by Crippen LogP contribution is 2.22. The number of rotatable bonds is 6. The van der Waals surface area contributed by atoms with Crippen molar-refractivity contribution in [3.8, 4) is 0 Å². The second-order valence-electron chi connectivity index (χ2n) is 4.55. The van der Waals surface area contributed by atoms with Gasteiger partial charge in [0.05, 0.1) is 16.6 Å². The minimum atomic E-state index is 0.00348. The number of nitrogens with one attached hydrogen (secondary N) is 2. The van der Waals surface area contributed by atoms with Gasteiger partial charge in [-0.05, 0) is 23.6 Å². The molecule has 0 fully saturated rings. The van der Waals surface area contributed by atoms with E-state index in [2.05, 4.69) is 24.5 Å². The van der Waals surface area contributed by atoms with Crippen molar-refractivity contribution in [3.05, 3.63) is 33.8 Å². The van der Waals surface area contributed by atoms with E-state index < -0.39 is 0 Å². The van der Waals surface area contributed by atoms with Crippen molar-refractivity contribution in [3.63, 3.8) is 0 Å². The van der Waals surface area contributed by atoms with Gasteiger partial charge < -0.3 is 10.6 Å². The van der Waals surface area contributed by atoms with Gasteiger partial charge in [-0.25, -0.2) is 0 Å². The van der Waals surface area contributed by atoms with Crippen LogP contribution < -0.4 is 10.6 Å². The normalized spacial score (nSPS) is 10.7. The molecule has 0 radical (unpaired) electrons. The summed E-state index contributed by atoms with van der Waals surface area (Å²) >= 11 is 11.7. The molecule has 3 nitrogen and oxygen atoms in total. The standard InChI is InChI=1S/C13H18Cl2N2O/c1-9(2)6-17-13(18)8-16-7-10-3-4-11(14)12(15)5-10/h3-5,9,16H,6-8H2,1-2H3,(H,17,18). The lowest BCUT2D eigenvalue weighted by Gasteiger charge is -2.09. The van der Waals surface area contributed by atoms with Crippen molar-refractivity contribution in [2.45, 2.75) is 20.4 Å². The summed E-state index contributed by atoms with van der Waals surface area (Å²) in [6, 6.07) is 5.43. The first-order valence-electron chi connectivity index (χ1n) is 5.90. The Morgan fingerprint density at radius 2 is 2.00 bits per heavy atom. The molecule has 1 amide bonds. The molecule has 0 aliphatic carbocycles. The molecule has 0 atom stereocenters. The monoisotopic (exact) mass is 288 g/mol. The molecule has 18 heavy (non-hydrogen) atoms. The van der Waals surface area contributed by atoms with E-state index in [1.54, 1.807) is 12.1 Å². The molecule has 0 aromatic heterocycles. The van der Waals surface area contributed by atoms with Crippen molar-refractivity contribution in [2.24, 2.45) is 5.92 Å². The van der Waals surface area contributed by atoms with Crippen LogP contribution in [0.1, 0.15) is 19.4 Å². The first-order chi connectivity index (χ1) is 8.49. The van der Waals surface area contributed by atoms with Crippen LogP contribution in [0.2, 0.25) is 10.0 Å². The fourth-order valence-electron chi connectivity index (χ4n) is 1.35. The number of halogens is 2. The minimum Gasteiger partial charge on any atom is -0.355 e. The average Bonchev–Trinajstić information content (AvgIpc) is 2.31. The molecular formula is C13H18Cl2N2O. The second-order valence-corrected chi connectivity index (χ2v) is 5.36. The summed E-state index contributed by atoms with van der Waals surface area (Å²) in [6.07, 6.45) is 0. The van der Waals surface area contributed by atoms with Crippen LogP contribution in [-0.2, 0) is 11.3 Å². The van der Waals surface area contributed by atoms with Gasteiger partial charge in [0.15, 0.2) is 0 Å². The van der Waals surface area contributed by atoms with Crippen LogP contribution in [0, 0.1) is 5.92 Å². The van der Waals surface area contributed by atoms with Gasteiger partial charge in [0.1, 0.15) is 0 Å². The van der Waals surface area contributed by atoms with Gasteiger partial charge in [-0.1, -0.05) is 43.1 Å². The fraction of sp³-hybridized carbons (Fsp3) is 0.462. The van der Waals surface area contributed by atoms with Gasteiger partial charge in [-0.15, -0.1) is 0 Å². The summed E-state index contributed by atoms with van der Waals surface area (Å²) in [7, 11) is 0. The van der Waals surface area contributed by atoms with Crippen LogP contribution in [0.4, 0.5) is 0 Å². The first kappa shape index (κ1) is 15.3. The van der Waals surface area contributed by atoms with E-state index in [1.165, 1.54) is 0 Å². The number of amides is 1. The van der Waals surface area contributed by atoms with E-state index in [1.807, 2.05) is 6.07 Å². The predicted molar refractivity (Wildman–Crippen MR) is 76.0 cm³/mol. The summed E-state index contributed by atoms with van der Waals surface area (Å²) in [5.41, 5.74) is 1.00. The van der Waals surface area contributed by atoms with Crippen molar-refractivity contribution < 1.29 is 4.79 Å². The molecule has 1 aromatic carbocycles. The number of benzene rings is 1. The van der Waals surface area contributed by atoms with Crippen LogP contribution >= 0.6 is 23.2 Å². The smallest absolute Gasteiger partial charge is 0.233 e. The summed E-state index contributed by atoms with van der Waals surface area (Å²) < 4.78 is 0. The number of hydrogen-bond acceptors (Lipinski definition) is 2. The van der Waals surface area contributed by atoms with E-state index in [0.29, 0.717) is 35.6 Å². The maximum absolute atomic E-state index is 11.4. The molecule has 1 aromatic rings. The molecule has 5 heteroatoms. The van der Waals surface area contributed by atoms with E-state index in [-0.39, 0.29) is 5.91 Å². The lowest BCUT2D eigenvalue weighted by atomic mass is 10.2. The molecule has 0 bridgehead atoms. The Balaban J connectivity index is 2.28. The fourth-order valence-corrected chi connectivity index (χ4v) is 1.67. The topological polar surface area (TPSA) is 41.1 Å². The Morgan fingerprint density at radius 3 is 2.61 bits per heavy atom. The Bertz CT molecular complexity index is 408. The lowest BCUT2D eigenvalue weighted by molar-refractivity contribution is -0.120. The van der Waals surface area contributed by atoms with Crippen LogP contribution in [0.3, 0.4) is 0 Å². The van der Waals surface area contributed by atoms with Crippen molar-refractivity contribution >= 4 is 29.1 Å². The minimum absolute atomic E-state index is 0.00348. The zero-order valence-corrected chi connectivity index (χ0v) is 12.1. The van der Waals surface area contributed by atoms with E-state index >= 15 is 0 Å². The number of carbonyl (C=O) groups is 1. The molecule has 0 saturated carbocycles. The molecule has 0 heterocycles. The molecule has 0 aliphatic rings. The quantitative estimate of drug-likeness (QED) is 0.845. The van der Waals surface area contributed by atoms with E-state index in [0.717, 1.165) is 5.56 Å². The van der Waals surface area contributed by atoms with Crippen LogP contribution in [-0.4, -0.2) is 19.0 Å². The second kappa shape index (κ2) is 7.62. The Hall–Kier alpha value is -0.770. The highest BCUT2D eigenvalue weighted by Gasteiger charge is 2.03. The maximum atomic E-state index is 11.4. The van der Waals surface area contributed by atoms with Crippen molar-refractivity contribution in [1.82, 2.24) is 10.6 Å². The third-order valence-electron chi connectivity index (χ3n) is 2.31. The van der Waals surface area contributed by atoms with Crippen LogP contribution in [0.15, 0.2) is 18.2 Å². The third-order valence-corrected chi connectivity index (χ3v) is 3.05. The van der Waals surface area contributed by atoms with Gasteiger partial charge >= 0.3 is 0 Å². The van der Waals surface area contributed by atoms with E-state index in [9.17, 15) is 4.79 Å². The van der Waals surface area contributed by atoms with Crippen LogP contribution in [0.5, 0.6) is 0 Å². The van der Waals surface area contributed by atoms with E-state index in [4.69, 9.17) is 23.2 Å². The third kappa shape index (κ3) is 5.71. The summed E-state index contributed by atoms with van der Waals surface area (Å²) in [4.78, 5) is 11.4. The SMILES string of the molecule is CC(C)CNC(=O)CNCc1ccc(Cl)c(Cl)c1. The largest absolute Gasteiger partial charge is 0.355 e. The molecule has 0 aliphatic heterocycles. The molecule has 2 N–H and O–H groups in total. The lowest BCUT2D eigenvalue weighted by Crippen LogP contribution is -2.35. The van der Waals surface area contributed by atoms with Crippen molar-refractivity contribution in [2.75, 3.05) is 13.1 Å². The number of carbonyl (C=O) groups excluding carboxylic acids is 1. The predicted octanol–water partition coefficient (Wildman–Crippen LogP) is 2.86. The van der Waals surface area contributed by atoms with Crippen molar-refractivity contribution in [1.29, 1.82) is 0 Å². The van der Waals surface area contributed by atoms with Gasteiger partial charge in [-0.3, -0.25) is 4.79 Å². The highest BCUT2D eigenvalue weighted by atomic mass is 35.5. The Kier molecular flexibility index (Phi) is 6.47. The molecule has 100 valence electrons. The van der Waals surface area contributed by atoms with Gasteiger partial charge in [-0.2, -0.15) is 0 Å². The summed E-state index contributed by atoms with van der Waals surface area (Å²) in [6.45, 7) is 5.71. The Labute approximate surface area is 118 Å². The van der Waals surface area contributed by atoms with Crippen LogP contribution in [0.25, 0.3) is 0 Å². The highest BCUT2D eigenvalue weighted by molar-refractivity contribution is 6.42. The summed E-state index contributed by atoms with van der Waals surface area (Å²) in [5.74, 6) is 0.466. The summed E-state index contributed by atoms with van der Waals surface area (Å²) in [5, 5.41) is 6.96. The first-order valence-corrected chi connectivity index (χ1v) is 6.66. The average molecular weight is 289 g/mol. The zero-order chi connectivity index (χ0) is 13.5. The molecule has 0 unspecified atom stereocenters. The van der Waals surface area contributed by atoms with Gasteiger partial charge in [0.25, 0.3) is 0 Å². The van der Waals surface area contributed by atoms with Gasteiger partial charge in [0, 0.05) is 13.1 Å². The molecular weight excluding hydrogens is 271 g/mol. The molecule has 1 rings (SSSR count). The Morgan fingerprint density at radius 1 is 1.28 bits per heavy atom.